The summed E-state index contributed by atoms with van der Waals surface area (Å²) in [6, 6.07) is 17.5. The Hall–Kier alpha value is -2.94. The normalized spacial score (nSPS) is 11.6. The van der Waals surface area contributed by atoms with Crippen molar-refractivity contribution < 1.29 is 22.4 Å². The van der Waals surface area contributed by atoms with E-state index in [0.29, 0.717) is 38.4 Å². The van der Waals surface area contributed by atoms with Gasteiger partial charge in [-0.2, -0.15) is 4.31 Å². The fourth-order valence-electron chi connectivity index (χ4n) is 3.29. The molecule has 170 valence electrons. The summed E-state index contributed by atoms with van der Waals surface area (Å²) >= 11 is 0. The van der Waals surface area contributed by atoms with Crippen LogP contribution in [0.4, 0.5) is 0 Å². The average Bonchev–Trinajstić information content (AvgIpc) is 3.32. The number of nitrogens with one attached hydrogen (secondary N) is 1. The second kappa shape index (κ2) is 11.1. The minimum Gasteiger partial charge on any atom is -0.467 e. The lowest BCUT2D eigenvalue weighted by Crippen LogP contribution is -2.31. The number of hydrogen-bond donors (Lipinski definition) is 1. The maximum Gasteiger partial charge on any atom is 0.251 e. The van der Waals surface area contributed by atoms with E-state index in [2.05, 4.69) is 5.32 Å². The van der Waals surface area contributed by atoms with Crippen LogP contribution in [0.15, 0.2) is 76.2 Å². The highest BCUT2D eigenvalue weighted by Gasteiger charge is 2.22. The summed E-state index contributed by atoms with van der Waals surface area (Å²) in [7, 11) is -3.62. The lowest BCUT2D eigenvalue weighted by atomic mass is 10.1. The molecule has 0 bridgehead atoms. The molecule has 32 heavy (non-hydrogen) atoms. The van der Waals surface area contributed by atoms with Gasteiger partial charge >= 0.3 is 0 Å². The van der Waals surface area contributed by atoms with E-state index in [9.17, 15) is 13.2 Å². The Morgan fingerprint density at radius 3 is 2.44 bits per heavy atom. The molecule has 1 amide bonds. The van der Waals surface area contributed by atoms with Crippen molar-refractivity contribution in [3.05, 3.63) is 89.4 Å². The van der Waals surface area contributed by atoms with Gasteiger partial charge in [0.15, 0.2) is 0 Å². The van der Waals surface area contributed by atoms with Gasteiger partial charge in [0.1, 0.15) is 12.4 Å². The molecule has 0 unspecified atom stereocenters. The number of amides is 1. The number of ether oxygens (including phenoxy) is 1. The number of carbonyl (C=O) groups is 1. The number of nitrogens with zero attached hydrogens (tertiary/aromatic N) is 1. The van der Waals surface area contributed by atoms with Crippen LogP contribution in [0.1, 0.15) is 41.1 Å². The maximum absolute atomic E-state index is 12.7. The first-order valence-corrected chi connectivity index (χ1v) is 11.9. The SMILES string of the molecule is CCN(CC)S(=O)(=O)c1cccc(C(=O)NCc2cccc(COCc3ccco3)c2)c1. The number of carbonyl (C=O) groups excluding carboxylic acids is 1. The van der Waals surface area contributed by atoms with Gasteiger partial charge in [0.25, 0.3) is 5.91 Å². The van der Waals surface area contributed by atoms with Gasteiger partial charge in [0, 0.05) is 25.2 Å². The molecule has 3 rings (SSSR count). The molecule has 0 aliphatic rings. The highest BCUT2D eigenvalue weighted by Crippen LogP contribution is 2.17. The summed E-state index contributed by atoms with van der Waals surface area (Å²) in [5.41, 5.74) is 2.20. The number of hydrogen-bond acceptors (Lipinski definition) is 5. The van der Waals surface area contributed by atoms with Crippen molar-refractivity contribution >= 4 is 15.9 Å². The van der Waals surface area contributed by atoms with E-state index in [1.807, 2.05) is 36.4 Å². The molecular formula is C24H28N2O5S. The van der Waals surface area contributed by atoms with E-state index < -0.39 is 10.0 Å². The summed E-state index contributed by atoms with van der Waals surface area (Å²) < 4.78 is 37.7. The minimum atomic E-state index is -3.62. The average molecular weight is 457 g/mol. The Kier molecular flexibility index (Phi) is 8.21. The first-order chi connectivity index (χ1) is 15.4. The van der Waals surface area contributed by atoms with Gasteiger partial charge in [0.05, 0.1) is 17.8 Å². The van der Waals surface area contributed by atoms with Crippen LogP contribution in [0.3, 0.4) is 0 Å². The molecule has 0 fully saturated rings. The van der Waals surface area contributed by atoms with Crippen LogP contribution in [-0.4, -0.2) is 31.7 Å². The van der Waals surface area contributed by atoms with Crippen LogP contribution in [0.25, 0.3) is 0 Å². The molecule has 3 aromatic rings. The van der Waals surface area contributed by atoms with Crippen LogP contribution in [0, 0.1) is 0 Å². The molecular weight excluding hydrogens is 428 g/mol. The van der Waals surface area contributed by atoms with Gasteiger partial charge < -0.3 is 14.5 Å². The third-order valence-corrected chi connectivity index (χ3v) is 7.02. The first-order valence-electron chi connectivity index (χ1n) is 10.5. The standard InChI is InChI=1S/C24H28N2O5S/c1-3-26(4-2)32(28,29)23-12-6-10-21(15-23)24(27)25-16-19-8-5-9-20(14-19)17-30-18-22-11-7-13-31-22/h5-15H,3-4,16-18H2,1-2H3,(H,25,27). The van der Waals surface area contributed by atoms with Crippen molar-refractivity contribution in [2.24, 2.45) is 0 Å². The fraction of sp³-hybridized carbons (Fsp3) is 0.292. The summed E-state index contributed by atoms with van der Waals surface area (Å²) in [5, 5.41) is 2.85. The molecule has 0 aliphatic carbocycles. The highest BCUT2D eigenvalue weighted by molar-refractivity contribution is 7.89. The molecule has 7 nitrogen and oxygen atoms in total. The van der Waals surface area contributed by atoms with E-state index in [-0.39, 0.29) is 10.8 Å². The Morgan fingerprint density at radius 2 is 1.72 bits per heavy atom. The highest BCUT2D eigenvalue weighted by atomic mass is 32.2. The molecule has 0 spiro atoms. The number of benzene rings is 2. The lowest BCUT2D eigenvalue weighted by molar-refractivity contribution is 0.0928. The Balaban J connectivity index is 1.60. The summed E-state index contributed by atoms with van der Waals surface area (Å²) in [6.45, 7) is 5.45. The molecule has 2 aromatic carbocycles. The van der Waals surface area contributed by atoms with Gasteiger partial charge in [-0.25, -0.2) is 8.42 Å². The van der Waals surface area contributed by atoms with Crippen molar-refractivity contribution in [2.45, 2.75) is 38.5 Å². The second-order valence-electron chi connectivity index (χ2n) is 7.19. The number of furan rings is 1. The summed E-state index contributed by atoms with van der Waals surface area (Å²) in [5.74, 6) is 0.430. The van der Waals surface area contributed by atoms with Crippen molar-refractivity contribution in [1.82, 2.24) is 9.62 Å². The van der Waals surface area contributed by atoms with Gasteiger partial charge in [-0.15, -0.1) is 0 Å². The van der Waals surface area contributed by atoms with Crippen LogP contribution in [-0.2, 0) is 34.5 Å². The van der Waals surface area contributed by atoms with Gasteiger partial charge in [-0.1, -0.05) is 44.2 Å². The van der Waals surface area contributed by atoms with E-state index in [1.165, 1.54) is 16.4 Å². The third kappa shape index (κ3) is 6.06. The summed E-state index contributed by atoms with van der Waals surface area (Å²) in [4.78, 5) is 12.8. The maximum atomic E-state index is 12.7. The lowest BCUT2D eigenvalue weighted by Gasteiger charge is -2.18. The molecule has 1 aromatic heterocycles. The topological polar surface area (TPSA) is 88.9 Å². The van der Waals surface area contributed by atoms with E-state index in [0.717, 1.165) is 16.9 Å². The van der Waals surface area contributed by atoms with Crippen LogP contribution < -0.4 is 5.32 Å². The third-order valence-electron chi connectivity index (χ3n) is 4.98. The fourth-order valence-corrected chi connectivity index (χ4v) is 4.79. The predicted octanol–water partition coefficient (Wildman–Crippen LogP) is 3.96. The quantitative estimate of drug-likeness (QED) is 0.472. The van der Waals surface area contributed by atoms with Crippen LogP contribution in [0.2, 0.25) is 0 Å². The second-order valence-corrected chi connectivity index (χ2v) is 9.13. The molecule has 1 N–H and O–H groups in total. The van der Waals surface area contributed by atoms with Crippen molar-refractivity contribution in [3.63, 3.8) is 0 Å². The molecule has 0 saturated carbocycles. The number of sulfonamides is 1. The monoisotopic (exact) mass is 456 g/mol. The van der Waals surface area contributed by atoms with E-state index >= 15 is 0 Å². The minimum absolute atomic E-state index is 0.115. The van der Waals surface area contributed by atoms with Crippen molar-refractivity contribution in [3.8, 4) is 0 Å². The van der Waals surface area contributed by atoms with E-state index in [1.54, 1.807) is 32.2 Å². The molecule has 0 atom stereocenters. The van der Waals surface area contributed by atoms with Crippen LogP contribution >= 0.6 is 0 Å². The summed E-state index contributed by atoms with van der Waals surface area (Å²) in [6.07, 6.45) is 1.61. The van der Waals surface area contributed by atoms with Gasteiger partial charge in [-0.05, 0) is 41.5 Å². The zero-order valence-corrected chi connectivity index (χ0v) is 19.1. The Bertz CT molecular complexity index is 1120. The Labute approximate surface area is 189 Å². The first kappa shape index (κ1) is 23.7. The molecule has 8 heteroatoms. The predicted molar refractivity (Wildman–Crippen MR) is 121 cm³/mol. The van der Waals surface area contributed by atoms with Crippen molar-refractivity contribution in [1.29, 1.82) is 0 Å². The van der Waals surface area contributed by atoms with Crippen LogP contribution in [0.5, 0.6) is 0 Å². The smallest absolute Gasteiger partial charge is 0.251 e. The molecule has 1 heterocycles. The Morgan fingerprint density at radius 1 is 0.969 bits per heavy atom. The largest absolute Gasteiger partial charge is 0.467 e. The van der Waals surface area contributed by atoms with Gasteiger partial charge in [-0.3, -0.25) is 4.79 Å². The zero-order chi connectivity index (χ0) is 23.0. The van der Waals surface area contributed by atoms with E-state index in [4.69, 9.17) is 9.15 Å². The zero-order valence-electron chi connectivity index (χ0n) is 18.3. The number of rotatable bonds is 11. The van der Waals surface area contributed by atoms with Gasteiger partial charge in [0.2, 0.25) is 10.0 Å². The molecule has 0 radical (unpaired) electrons. The van der Waals surface area contributed by atoms with Crippen molar-refractivity contribution in [2.75, 3.05) is 13.1 Å². The molecule has 0 saturated heterocycles. The molecule has 0 aliphatic heterocycles.